The molecule has 9 heteroatoms. The lowest BCUT2D eigenvalue weighted by Gasteiger charge is -2.52. The van der Waals surface area contributed by atoms with Crippen LogP contribution in [0.15, 0.2) is 66.9 Å². The normalized spacial score (nSPS) is 20.9. The van der Waals surface area contributed by atoms with Gasteiger partial charge in [0.15, 0.2) is 11.3 Å². The number of benzene rings is 2. The molecule has 0 spiro atoms. The van der Waals surface area contributed by atoms with Crippen LogP contribution in [0, 0.1) is 6.92 Å². The number of hydrogen-bond donors (Lipinski definition) is 2. The van der Waals surface area contributed by atoms with Crippen molar-refractivity contribution >= 4 is 22.9 Å². The summed E-state index contributed by atoms with van der Waals surface area (Å²) < 4.78 is 7.24. The highest BCUT2D eigenvalue weighted by atomic mass is 16.6. The number of alkyl carbamates (subject to hydrolysis) is 1. The van der Waals surface area contributed by atoms with Crippen molar-refractivity contribution in [1.82, 2.24) is 29.9 Å². The van der Waals surface area contributed by atoms with Crippen LogP contribution in [0.2, 0.25) is 0 Å². The molecule has 0 radical (unpaired) electrons. The largest absolute Gasteiger partial charge is 0.444 e. The second kappa shape index (κ2) is 9.09. The topological polar surface area (TPSA) is 115 Å². The summed E-state index contributed by atoms with van der Waals surface area (Å²) in [4.78, 5) is 27.5. The minimum absolute atomic E-state index is 0.382. The van der Waals surface area contributed by atoms with E-state index in [2.05, 4.69) is 15.4 Å². The first-order valence-corrected chi connectivity index (χ1v) is 13.4. The predicted octanol–water partition coefficient (Wildman–Crippen LogP) is 5.58. The summed E-state index contributed by atoms with van der Waals surface area (Å²) in [6, 6.07) is 19.7. The molecule has 1 fully saturated rings. The monoisotopic (exact) mass is 536 g/mol. The molecule has 1 aliphatic rings. The van der Waals surface area contributed by atoms with Gasteiger partial charge in [-0.15, -0.1) is 0 Å². The number of aryl methyl sites for hydroxylation is 1. The molecular formula is C31H32N6O3. The fourth-order valence-electron chi connectivity index (χ4n) is 5.64. The van der Waals surface area contributed by atoms with E-state index in [4.69, 9.17) is 14.7 Å². The molecule has 0 aliphatic heterocycles. The van der Waals surface area contributed by atoms with Crippen molar-refractivity contribution in [3.63, 3.8) is 0 Å². The zero-order valence-electron chi connectivity index (χ0n) is 23.3. The van der Waals surface area contributed by atoms with Crippen LogP contribution in [0.5, 0.6) is 0 Å². The number of carbonyl (C=O) groups excluding carboxylic acids is 1. The molecule has 9 nitrogen and oxygen atoms in total. The molecule has 3 aromatic heterocycles. The fourth-order valence-corrected chi connectivity index (χ4v) is 5.64. The Balaban J connectivity index is 1.45. The summed E-state index contributed by atoms with van der Waals surface area (Å²) in [6.07, 6.45) is 1.96. The lowest BCUT2D eigenvalue weighted by molar-refractivity contribution is -0.0892. The average molecular weight is 537 g/mol. The number of nitrogens with one attached hydrogen (secondary N) is 1. The Labute approximate surface area is 232 Å². The molecule has 6 rings (SSSR count). The predicted molar refractivity (Wildman–Crippen MR) is 153 cm³/mol. The van der Waals surface area contributed by atoms with E-state index in [1.165, 1.54) is 0 Å². The van der Waals surface area contributed by atoms with Crippen LogP contribution < -0.4 is 5.32 Å². The van der Waals surface area contributed by atoms with Crippen molar-refractivity contribution in [2.45, 2.75) is 64.2 Å². The van der Waals surface area contributed by atoms with Crippen LogP contribution in [-0.4, -0.2) is 47.0 Å². The summed E-state index contributed by atoms with van der Waals surface area (Å²) in [5.74, 6) is 0. The molecular weight excluding hydrogens is 504 g/mol. The Morgan fingerprint density at radius 3 is 2.25 bits per heavy atom. The Hall–Kier alpha value is -4.37. The third-order valence-corrected chi connectivity index (χ3v) is 7.19. The molecule has 2 N–H and O–H groups in total. The van der Waals surface area contributed by atoms with Crippen LogP contribution in [0.3, 0.4) is 0 Å². The molecule has 3 heterocycles. The highest BCUT2D eigenvalue weighted by Crippen LogP contribution is 2.48. The van der Waals surface area contributed by atoms with Crippen LogP contribution >= 0.6 is 0 Å². The summed E-state index contributed by atoms with van der Waals surface area (Å²) in [6.45, 7) is 9.19. The second-order valence-corrected chi connectivity index (χ2v) is 11.9. The molecule has 2 aromatic carbocycles. The summed E-state index contributed by atoms with van der Waals surface area (Å²) in [5.41, 5.74) is 4.71. The van der Waals surface area contributed by atoms with Crippen LogP contribution in [0.4, 0.5) is 4.79 Å². The minimum atomic E-state index is -0.876. The van der Waals surface area contributed by atoms with Gasteiger partial charge in [0, 0.05) is 30.0 Å². The molecule has 0 atom stereocenters. The quantitative estimate of drug-likeness (QED) is 0.308. The van der Waals surface area contributed by atoms with Crippen molar-refractivity contribution in [2.24, 2.45) is 0 Å². The van der Waals surface area contributed by atoms with Gasteiger partial charge in [0.1, 0.15) is 11.1 Å². The Morgan fingerprint density at radius 1 is 0.950 bits per heavy atom. The van der Waals surface area contributed by atoms with Gasteiger partial charge in [0.25, 0.3) is 0 Å². The highest BCUT2D eigenvalue weighted by molar-refractivity contribution is 5.86. The van der Waals surface area contributed by atoms with Gasteiger partial charge >= 0.3 is 6.09 Å². The maximum Gasteiger partial charge on any atom is 0.408 e. The Morgan fingerprint density at radius 2 is 1.60 bits per heavy atom. The zero-order valence-corrected chi connectivity index (χ0v) is 23.3. The second-order valence-electron chi connectivity index (χ2n) is 11.9. The smallest absolute Gasteiger partial charge is 0.408 e. The van der Waals surface area contributed by atoms with E-state index in [1.54, 1.807) is 17.6 Å². The molecule has 40 heavy (non-hydrogen) atoms. The summed E-state index contributed by atoms with van der Waals surface area (Å²) >= 11 is 0. The van der Waals surface area contributed by atoms with E-state index in [1.807, 2.05) is 88.4 Å². The molecule has 5 aromatic rings. The van der Waals surface area contributed by atoms with Crippen molar-refractivity contribution in [3.8, 4) is 22.5 Å². The van der Waals surface area contributed by atoms with Crippen LogP contribution in [0.25, 0.3) is 39.3 Å². The van der Waals surface area contributed by atoms with E-state index >= 15 is 0 Å². The van der Waals surface area contributed by atoms with Crippen LogP contribution in [0.1, 0.15) is 51.8 Å². The third kappa shape index (κ3) is 4.66. The molecule has 1 amide bonds. The Kier molecular flexibility index (Phi) is 5.88. The first-order chi connectivity index (χ1) is 18.9. The maximum absolute atomic E-state index is 12.7. The third-order valence-electron chi connectivity index (χ3n) is 7.19. The van der Waals surface area contributed by atoms with Gasteiger partial charge in [-0.2, -0.15) is 9.61 Å². The molecule has 0 unspecified atom stereocenters. The number of rotatable bonds is 4. The van der Waals surface area contributed by atoms with Gasteiger partial charge in [-0.25, -0.2) is 19.7 Å². The minimum Gasteiger partial charge on any atom is -0.444 e. The zero-order chi connectivity index (χ0) is 28.3. The average Bonchev–Trinajstić information content (AvgIpc) is 3.35. The first-order valence-electron chi connectivity index (χ1n) is 13.4. The van der Waals surface area contributed by atoms with E-state index < -0.39 is 22.8 Å². The first kappa shape index (κ1) is 25.9. The van der Waals surface area contributed by atoms with E-state index in [-0.39, 0.29) is 0 Å². The summed E-state index contributed by atoms with van der Waals surface area (Å²) in [5, 5.41) is 18.1. The number of ether oxygens (including phenoxy) is 1. The van der Waals surface area contributed by atoms with Crippen molar-refractivity contribution in [1.29, 1.82) is 0 Å². The van der Waals surface area contributed by atoms with Gasteiger partial charge in [0.05, 0.1) is 34.4 Å². The molecule has 1 saturated carbocycles. The number of fused-ring (bicyclic) bond motifs is 3. The van der Waals surface area contributed by atoms with Crippen molar-refractivity contribution < 1.29 is 14.6 Å². The van der Waals surface area contributed by atoms with Crippen molar-refractivity contribution in [3.05, 3.63) is 78.1 Å². The SMILES string of the molecule is Cc1nc2ccnn2c2nc(-c3ccc([C@]4(NC(=O)OC(C)(C)C)C[C@](C)(O)C4)cc3)c(-c3ccccc3)nc12. The van der Waals surface area contributed by atoms with E-state index in [0.717, 1.165) is 28.1 Å². The van der Waals surface area contributed by atoms with E-state index in [9.17, 15) is 9.90 Å². The number of hydrogen-bond acceptors (Lipinski definition) is 7. The molecule has 0 saturated heterocycles. The van der Waals surface area contributed by atoms with Gasteiger partial charge < -0.3 is 15.2 Å². The number of carbonyl (C=O) groups is 1. The van der Waals surface area contributed by atoms with Gasteiger partial charge in [-0.05, 0) is 40.2 Å². The lowest BCUT2D eigenvalue weighted by atomic mass is 9.62. The van der Waals surface area contributed by atoms with Gasteiger partial charge in [0.2, 0.25) is 0 Å². The summed E-state index contributed by atoms with van der Waals surface area (Å²) in [7, 11) is 0. The molecule has 204 valence electrons. The van der Waals surface area contributed by atoms with Crippen LogP contribution in [-0.2, 0) is 10.3 Å². The van der Waals surface area contributed by atoms with Gasteiger partial charge in [-0.1, -0.05) is 54.6 Å². The number of aliphatic hydroxyl groups is 1. The van der Waals surface area contributed by atoms with Crippen molar-refractivity contribution in [2.75, 3.05) is 0 Å². The number of amides is 1. The standard InChI is InChI=1S/C31H32N6O3/c1-19-24-27(37-23(33-19)15-16-32-37)35-26(25(34-24)20-9-7-6-8-10-20)21-11-13-22(14-12-21)31(17-30(5,39)18-31)36-28(38)40-29(2,3)4/h6-16,39H,17-18H2,1-5H3,(H,36,38)/t30-,31-. The van der Waals surface area contributed by atoms with Gasteiger partial charge in [-0.3, -0.25) is 0 Å². The lowest BCUT2D eigenvalue weighted by Crippen LogP contribution is -2.62. The van der Waals surface area contributed by atoms with E-state index in [0.29, 0.717) is 35.3 Å². The number of aromatic nitrogens is 5. The molecule has 0 bridgehead atoms. The molecule has 1 aliphatic carbocycles. The highest BCUT2D eigenvalue weighted by Gasteiger charge is 2.53. The Bertz CT molecular complexity index is 1730. The fraction of sp³-hybridized carbons (Fsp3) is 0.323. The maximum atomic E-state index is 12.7. The number of nitrogens with zero attached hydrogens (tertiary/aromatic N) is 5.